The Balaban J connectivity index is 1.50. The lowest BCUT2D eigenvalue weighted by molar-refractivity contribution is -0.141. The molecule has 0 saturated heterocycles. The third-order valence-electron chi connectivity index (χ3n) is 6.26. The highest BCUT2D eigenvalue weighted by molar-refractivity contribution is 5.95. The molecule has 0 bridgehead atoms. The average Bonchev–Trinajstić information content (AvgIpc) is 3.56. The summed E-state index contributed by atoms with van der Waals surface area (Å²) < 4.78 is 45.6. The van der Waals surface area contributed by atoms with Crippen molar-refractivity contribution >= 4 is 22.7 Å². The Bertz CT molecular complexity index is 1260. The molecule has 2 amide bonds. The maximum atomic E-state index is 13.3. The lowest BCUT2D eigenvalue weighted by atomic mass is 9.92. The molecule has 4 rings (SSSR count). The molecule has 10 heteroatoms. The van der Waals surface area contributed by atoms with E-state index in [1.54, 1.807) is 62.0 Å². The zero-order valence-electron chi connectivity index (χ0n) is 19.1. The molecule has 1 heterocycles. The molecule has 7 nitrogen and oxygen atoms in total. The molecule has 2 atom stereocenters. The monoisotopic (exact) mass is 487 g/mol. The lowest BCUT2D eigenvalue weighted by Crippen LogP contribution is -2.36. The summed E-state index contributed by atoms with van der Waals surface area (Å²) in [6.45, 7) is -0.0900. The molecule has 1 fully saturated rings. The van der Waals surface area contributed by atoms with Gasteiger partial charge in [-0.2, -0.15) is 13.2 Å². The third-order valence-corrected chi connectivity index (χ3v) is 6.26. The Morgan fingerprint density at radius 2 is 1.86 bits per heavy atom. The second kappa shape index (κ2) is 9.18. The maximum absolute atomic E-state index is 13.3. The quantitative estimate of drug-likeness (QED) is 0.389. The smallest absolute Gasteiger partial charge is 0.433 e. The summed E-state index contributed by atoms with van der Waals surface area (Å²) in [5.74, 6) is -0.975. The van der Waals surface area contributed by atoms with Crippen LogP contribution in [-0.4, -0.2) is 41.0 Å². The van der Waals surface area contributed by atoms with E-state index in [0.717, 1.165) is 11.6 Å². The first-order chi connectivity index (χ1) is 16.5. The molecule has 2 N–H and O–H groups in total. The highest BCUT2D eigenvalue weighted by atomic mass is 19.4. The van der Waals surface area contributed by atoms with Gasteiger partial charge in [0.1, 0.15) is 18.1 Å². The molecule has 2 unspecified atom stereocenters. The van der Waals surface area contributed by atoms with Gasteiger partial charge in [-0.25, -0.2) is 10.5 Å². The van der Waals surface area contributed by atoms with E-state index in [0.29, 0.717) is 29.5 Å². The number of amides is 2. The number of nitrogens with one attached hydrogen (secondary N) is 1. The molecule has 1 aliphatic rings. The van der Waals surface area contributed by atoms with Crippen molar-refractivity contribution in [1.82, 2.24) is 15.4 Å². The Kier molecular flexibility index (Phi) is 6.42. The predicted octanol–water partition coefficient (Wildman–Crippen LogP) is 3.98. The van der Waals surface area contributed by atoms with Crippen LogP contribution in [0.5, 0.6) is 5.75 Å². The molecule has 1 aromatic heterocycles. The summed E-state index contributed by atoms with van der Waals surface area (Å²) in [4.78, 5) is 29.8. The second-order valence-corrected chi connectivity index (χ2v) is 8.88. The van der Waals surface area contributed by atoms with E-state index in [2.05, 4.69) is 4.98 Å². The van der Waals surface area contributed by atoms with Crippen LogP contribution in [0.3, 0.4) is 0 Å². The first-order valence-electron chi connectivity index (χ1n) is 10.9. The topological polar surface area (TPSA) is 91.8 Å². The SMILES string of the molecule is CN(C)C(=O)C1(Cc2ccc(OCc3cc(C(F)(F)F)nc4ccccc34)cc2)CC1C(=O)NO. The van der Waals surface area contributed by atoms with Gasteiger partial charge < -0.3 is 9.64 Å². The van der Waals surface area contributed by atoms with Crippen molar-refractivity contribution in [2.75, 3.05) is 14.1 Å². The number of aromatic nitrogens is 1. The van der Waals surface area contributed by atoms with Gasteiger partial charge in [0.2, 0.25) is 11.8 Å². The zero-order chi connectivity index (χ0) is 25.4. The fraction of sp³-hybridized carbons (Fsp3) is 0.320. The normalized spacial score (nSPS) is 19.3. The fourth-order valence-electron chi connectivity index (χ4n) is 4.42. The predicted molar refractivity (Wildman–Crippen MR) is 120 cm³/mol. The number of carbonyl (C=O) groups excluding carboxylic acids is 2. The van der Waals surface area contributed by atoms with Gasteiger partial charge in [-0.3, -0.25) is 14.8 Å². The van der Waals surface area contributed by atoms with Crippen LogP contribution in [0.2, 0.25) is 0 Å². The van der Waals surface area contributed by atoms with Crippen molar-refractivity contribution in [3.63, 3.8) is 0 Å². The number of hydrogen-bond acceptors (Lipinski definition) is 5. The molecular weight excluding hydrogens is 463 g/mol. The Labute approximate surface area is 199 Å². The van der Waals surface area contributed by atoms with Crippen LogP contribution in [-0.2, 0) is 28.8 Å². The molecule has 0 aliphatic heterocycles. The van der Waals surface area contributed by atoms with Gasteiger partial charge in [0.15, 0.2) is 0 Å². The third kappa shape index (κ3) is 4.93. The number of nitrogens with zero attached hydrogens (tertiary/aromatic N) is 2. The Morgan fingerprint density at radius 3 is 2.49 bits per heavy atom. The van der Waals surface area contributed by atoms with Gasteiger partial charge in [-0.15, -0.1) is 0 Å². The molecular formula is C25H24F3N3O4. The van der Waals surface area contributed by atoms with E-state index in [9.17, 15) is 22.8 Å². The minimum atomic E-state index is -4.58. The summed E-state index contributed by atoms with van der Waals surface area (Å²) in [6, 6.07) is 14.4. The van der Waals surface area contributed by atoms with E-state index in [1.165, 1.54) is 11.0 Å². The number of para-hydroxylation sites is 1. The summed E-state index contributed by atoms with van der Waals surface area (Å²) in [5.41, 5.74) is 1.10. The number of hydrogen-bond donors (Lipinski definition) is 2. The number of ether oxygens (including phenoxy) is 1. The van der Waals surface area contributed by atoms with Gasteiger partial charge in [0, 0.05) is 25.0 Å². The van der Waals surface area contributed by atoms with E-state index in [1.807, 2.05) is 0 Å². The number of benzene rings is 2. The van der Waals surface area contributed by atoms with Crippen molar-refractivity contribution in [3.05, 3.63) is 71.4 Å². The maximum Gasteiger partial charge on any atom is 0.433 e. The number of carbonyl (C=O) groups is 2. The van der Waals surface area contributed by atoms with Gasteiger partial charge in [-0.1, -0.05) is 30.3 Å². The second-order valence-electron chi connectivity index (χ2n) is 8.88. The molecule has 3 aromatic rings. The van der Waals surface area contributed by atoms with Gasteiger partial charge in [0.25, 0.3) is 0 Å². The van der Waals surface area contributed by atoms with Crippen LogP contribution in [0.4, 0.5) is 13.2 Å². The summed E-state index contributed by atoms with van der Waals surface area (Å²) >= 11 is 0. The van der Waals surface area contributed by atoms with Gasteiger partial charge in [-0.05, 0) is 42.7 Å². The van der Waals surface area contributed by atoms with Crippen molar-refractivity contribution in [3.8, 4) is 5.75 Å². The van der Waals surface area contributed by atoms with Crippen molar-refractivity contribution in [2.45, 2.75) is 25.6 Å². The largest absolute Gasteiger partial charge is 0.489 e. The van der Waals surface area contributed by atoms with Crippen LogP contribution in [0, 0.1) is 11.3 Å². The number of halogens is 3. The van der Waals surface area contributed by atoms with Crippen molar-refractivity contribution in [1.29, 1.82) is 0 Å². The van der Waals surface area contributed by atoms with Crippen molar-refractivity contribution < 1.29 is 32.7 Å². The molecule has 0 radical (unpaired) electrons. The van der Waals surface area contributed by atoms with Gasteiger partial charge >= 0.3 is 6.18 Å². The lowest BCUT2D eigenvalue weighted by Gasteiger charge is -2.21. The van der Waals surface area contributed by atoms with Crippen LogP contribution in [0.1, 0.15) is 23.2 Å². The molecule has 0 spiro atoms. The fourth-order valence-corrected chi connectivity index (χ4v) is 4.42. The minimum absolute atomic E-state index is 0.0900. The van der Waals surface area contributed by atoms with E-state index in [-0.39, 0.29) is 18.0 Å². The number of hydroxylamine groups is 1. The number of alkyl halides is 3. The van der Waals surface area contributed by atoms with E-state index < -0.39 is 29.1 Å². The summed E-state index contributed by atoms with van der Waals surface area (Å²) in [7, 11) is 3.22. The first kappa shape index (κ1) is 24.5. The summed E-state index contributed by atoms with van der Waals surface area (Å²) in [6.07, 6.45) is -3.95. The van der Waals surface area contributed by atoms with E-state index >= 15 is 0 Å². The van der Waals surface area contributed by atoms with Crippen LogP contribution in [0.25, 0.3) is 10.9 Å². The first-order valence-corrected chi connectivity index (χ1v) is 10.9. The number of pyridine rings is 1. The standard InChI is InChI=1S/C25H24F3N3O4/c1-31(2)23(33)24(13-19(24)22(32)30-34)12-15-7-9-17(10-8-15)35-14-16-11-21(25(26,27)28)29-20-6-4-3-5-18(16)20/h3-11,19,34H,12-14H2,1-2H3,(H,30,32). The molecule has 184 valence electrons. The van der Waals surface area contributed by atoms with Crippen LogP contribution in [0.15, 0.2) is 54.6 Å². The highest BCUT2D eigenvalue weighted by Gasteiger charge is 2.63. The van der Waals surface area contributed by atoms with E-state index in [4.69, 9.17) is 9.94 Å². The Hall–Kier alpha value is -3.66. The number of rotatable bonds is 7. The van der Waals surface area contributed by atoms with Crippen molar-refractivity contribution in [2.24, 2.45) is 11.3 Å². The molecule has 35 heavy (non-hydrogen) atoms. The number of fused-ring (bicyclic) bond motifs is 1. The minimum Gasteiger partial charge on any atom is -0.489 e. The van der Waals surface area contributed by atoms with Crippen LogP contribution < -0.4 is 10.2 Å². The average molecular weight is 487 g/mol. The summed E-state index contributed by atoms with van der Waals surface area (Å²) in [5, 5.41) is 9.55. The van der Waals surface area contributed by atoms with Gasteiger partial charge in [0.05, 0.1) is 16.8 Å². The molecule has 1 aliphatic carbocycles. The highest BCUT2D eigenvalue weighted by Crippen LogP contribution is 2.56. The molecule has 2 aromatic carbocycles. The Morgan fingerprint density at radius 1 is 1.17 bits per heavy atom. The zero-order valence-corrected chi connectivity index (χ0v) is 19.1. The molecule has 1 saturated carbocycles. The van der Waals surface area contributed by atoms with Crippen LogP contribution >= 0.6 is 0 Å².